The first kappa shape index (κ1) is 24.3. The van der Waals surface area contributed by atoms with E-state index < -0.39 is 6.29 Å². The van der Waals surface area contributed by atoms with Gasteiger partial charge in [0, 0.05) is 32.0 Å². The molecule has 0 aromatic heterocycles. The SMILES string of the molecule is COC(=O)c1ccc([C@H]2C=C(C(=O)N3CCCCCCC3)O[C@@H](OCCCCO)C2)cc1. The lowest BCUT2D eigenvalue weighted by Crippen LogP contribution is -2.38. The van der Waals surface area contributed by atoms with Crippen LogP contribution in [0.3, 0.4) is 0 Å². The average Bonchev–Trinajstić information content (AvgIpc) is 2.81. The number of hydrogen-bond acceptors (Lipinski definition) is 6. The molecule has 0 unspecified atom stereocenters. The zero-order valence-corrected chi connectivity index (χ0v) is 19.0. The number of benzene rings is 1. The van der Waals surface area contributed by atoms with Crippen LogP contribution in [0.4, 0.5) is 0 Å². The smallest absolute Gasteiger partial charge is 0.337 e. The predicted octanol–water partition coefficient (Wildman–Crippen LogP) is 3.77. The largest absolute Gasteiger partial charge is 0.465 e. The van der Waals surface area contributed by atoms with Crippen LogP contribution in [-0.4, -0.2) is 61.6 Å². The third kappa shape index (κ3) is 6.81. The fraction of sp³-hybridized carbons (Fsp3) is 0.600. The van der Waals surface area contributed by atoms with Gasteiger partial charge in [-0.15, -0.1) is 0 Å². The maximum absolute atomic E-state index is 13.3. The topological polar surface area (TPSA) is 85.3 Å². The summed E-state index contributed by atoms with van der Waals surface area (Å²) < 4.78 is 16.7. The molecule has 0 radical (unpaired) electrons. The molecule has 0 bridgehead atoms. The number of nitrogens with zero attached hydrogens (tertiary/aromatic N) is 1. The quantitative estimate of drug-likeness (QED) is 0.484. The molecule has 176 valence electrons. The Kier molecular flexibility index (Phi) is 9.56. The summed E-state index contributed by atoms with van der Waals surface area (Å²) in [6.45, 7) is 2.09. The summed E-state index contributed by atoms with van der Waals surface area (Å²) in [6, 6.07) is 7.25. The molecule has 0 saturated carbocycles. The number of carbonyl (C=O) groups is 2. The zero-order valence-electron chi connectivity index (χ0n) is 19.0. The van der Waals surface area contributed by atoms with Crippen LogP contribution in [-0.2, 0) is 19.0 Å². The van der Waals surface area contributed by atoms with Gasteiger partial charge in [-0.2, -0.15) is 0 Å². The maximum Gasteiger partial charge on any atom is 0.337 e. The minimum Gasteiger partial charge on any atom is -0.465 e. The molecule has 2 aliphatic heterocycles. The maximum atomic E-state index is 13.3. The Balaban J connectivity index is 1.76. The number of amides is 1. The van der Waals surface area contributed by atoms with Crippen molar-refractivity contribution in [1.29, 1.82) is 0 Å². The van der Waals surface area contributed by atoms with Crippen molar-refractivity contribution in [2.24, 2.45) is 0 Å². The molecule has 0 aliphatic carbocycles. The summed E-state index contributed by atoms with van der Waals surface area (Å²) in [5.41, 5.74) is 1.48. The lowest BCUT2D eigenvalue weighted by atomic mass is 9.92. The molecule has 1 amide bonds. The molecule has 1 fully saturated rings. The van der Waals surface area contributed by atoms with Crippen molar-refractivity contribution >= 4 is 11.9 Å². The van der Waals surface area contributed by atoms with Gasteiger partial charge >= 0.3 is 5.97 Å². The number of esters is 1. The van der Waals surface area contributed by atoms with Crippen molar-refractivity contribution < 1.29 is 28.9 Å². The fourth-order valence-electron chi connectivity index (χ4n) is 4.16. The van der Waals surface area contributed by atoms with Crippen LogP contribution < -0.4 is 0 Å². The Labute approximate surface area is 190 Å². The lowest BCUT2D eigenvalue weighted by Gasteiger charge is -2.32. The minimum atomic E-state index is -0.530. The van der Waals surface area contributed by atoms with Gasteiger partial charge in [-0.05, 0) is 49.5 Å². The van der Waals surface area contributed by atoms with E-state index in [0.29, 0.717) is 30.8 Å². The molecule has 2 aliphatic rings. The predicted molar refractivity (Wildman–Crippen MR) is 120 cm³/mol. The summed E-state index contributed by atoms with van der Waals surface area (Å²) in [6.07, 6.45) is 8.89. The first-order valence-corrected chi connectivity index (χ1v) is 11.7. The third-order valence-corrected chi connectivity index (χ3v) is 6.03. The van der Waals surface area contributed by atoms with Gasteiger partial charge < -0.3 is 24.2 Å². The van der Waals surface area contributed by atoms with E-state index in [1.54, 1.807) is 12.1 Å². The van der Waals surface area contributed by atoms with E-state index in [-0.39, 0.29) is 24.4 Å². The third-order valence-electron chi connectivity index (χ3n) is 6.03. The molecule has 7 nitrogen and oxygen atoms in total. The molecule has 32 heavy (non-hydrogen) atoms. The molecule has 1 saturated heterocycles. The second-order valence-electron chi connectivity index (χ2n) is 8.40. The van der Waals surface area contributed by atoms with Gasteiger partial charge in [0.15, 0.2) is 5.76 Å². The molecule has 3 rings (SSSR count). The molecule has 0 spiro atoms. The van der Waals surface area contributed by atoms with Crippen molar-refractivity contribution in [3.8, 4) is 0 Å². The number of hydrogen-bond donors (Lipinski definition) is 1. The van der Waals surface area contributed by atoms with E-state index in [2.05, 4.69) is 0 Å². The standard InChI is InChI=1S/C25H35NO6/c1-30-25(29)20-11-9-19(10-12-20)21-17-22(32-23(18-21)31-16-8-7-15-27)24(28)26-13-5-3-2-4-6-14-26/h9-12,17,21,23,27H,2-8,13-16,18H2,1H3/t21-,23+/m0/s1. The van der Waals surface area contributed by atoms with Crippen molar-refractivity contribution in [2.45, 2.75) is 63.6 Å². The Morgan fingerprint density at radius 1 is 1.06 bits per heavy atom. The van der Waals surface area contributed by atoms with Crippen LogP contribution in [0.5, 0.6) is 0 Å². The molecule has 2 atom stereocenters. The van der Waals surface area contributed by atoms with E-state index >= 15 is 0 Å². The molecular weight excluding hydrogens is 410 g/mol. The van der Waals surface area contributed by atoms with Crippen LogP contribution in [0.25, 0.3) is 0 Å². The summed E-state index contributed by atoms with van der Waals surface area (Å²) in [4.78, 5) is 26.9. The number of rotatable bonds is 8. The zero-order chi connectivity index (χ0) is 22.8. The van der Waals surface area contributed by atoms with Gasteiger partial charge in [0.1, 0.15) is 0 Å². The lowest BCUT2D eigenvalue weighted by molar-refractivity contribution is -0.153. The van der Waals surface area contributed by atoms with Gasteiger partial charge in [-0.1, -0.05) is 31.4 Å². The van der Waals surface area contributed by atoms with Crippen LogP contribution in [0.1, 0.15) is 73.2 Å². The number of likely N-dealkylation sites (tertiary alicyclic amines) is 1. The van der Waals surface area contributed by atoms with Crippen molar-refractivity contribution in [1.82, 2.24) is 4.90 Å². The average molecular weight is 446 g/mol. The number of aliphatic hydroxyl groups is 1. The monoisotopic (exact) mass is 445 g/mol. The molecule has 1 aromatic carbocycles. The Bertz CT molecular complexity index is 767. The van der Waals surface area contributed by atoms with E-state index in [1.807, 2.05) is 23.1 Å². The highest BCUT2D eigenvalue weighted by Crippen LogP contribution is 2.32. The second kappa shape index (κ2) is 12.6. The Hall–Kier alpha value is -2.38. The van der Waals surface area contributed by atoms with Crippen molar-refractivity contribution in [3.05, 3.63) is 47.2 Å². The van der Waals surface area contributed by atoms with Gasteiger partial charge in [-0.3, -0.25) is 4.79 Å². The van der Waals surface area contributed by atoms with Gasteiger partial charge in [0.25, 0.3) is 5.91 Å². The highest BCUT2D eigenvalue weighted by atomic mass is 16.7. The van der Waals surface area contributed by atoms with Crippen LogP contribution in [0.15, 0.2) is 36.1 Å². The van der Waals surface area contributed by atoms with E-state index in [0.717, 1.165) is 50.8 Å². The van der Waals surface area contributed by atoms with E-state index in [1.165, 1.54) is 13.5 Å². The number of allylic oxidation sites excluding steroid dienone is 1. The first-order chi connectivity index (χ1) is 15.6. The van der Waals surface area contributed by atoms with E-state index in [4.69, 9.17) is 19.3 Å². The minimum absolute atomic E-state index is 0.0630. The summed E-state index contributed by atoms with van der Waals surface area (Å²) >= 11 is 0. The molecule has 1 N–H and O–H groups in total. The summed E-state index contributed by atoms with van der Waals surface area (Å²) in [7, 11) is 1.36. The van der Waals surface area contributed by atoms with Crippen LogP contribution in [0, 0.1) is 0 Å². The van der Waals surface area contributed by atoms with Gasteiger partial charge in [-0.25, -0.2) is 4.79 Å². The van der Waals surface area contributed by atoms with Crippen molar-refractivity contribution in [3.63, 3.8) is 0 Å². The number of ether oxygens (including phenoxy) is 3. The van der Waals surface area contributed by atoms with Crippen LogP contribution in [0.2, 0.25) is 0 Å². The fourth-order valence-corrected chi connectivity index (χ4v) is 4.16. The van der Waals surface area contributed by atoms with E-state index in [9.17, 15) is 9.59 Å². The van der Waals surface area contributed by atoms with Crippen LogP contribution >= 0.6 is 0 Å². The second-order valence-corrected chi connectivity index (χ2v) is 8.40. The van der Waals surface area contributed by atoms with Gasteiger partial charge in [0.05, 0.1) is 19.3 Å². The molecular formula is C25H35NO6. The number of carbonyl (C=O) groups excluding carboxylic acids is 2. The number of aliphatic hydroxyl groups excluding tert-OH is 1. The summed E-state index contributed by atoms with van der Waals surface area (Å²) in [5, 5.41) is 9.00. The number of unbranched alkanes of at least 4 members (excludes halogenated alkanes) is 1. The Morgan fingerprint density at radius 2 is 1.75 bits per heavy atom. The summed E-state index contributed by atoms with van der Waals surface area (Å²) in [5.74, 6) is -0.179. The highest BCUT2D eigenvalue weighted by molar-refractivity contribution is 5.92. The first-order valence-electron chi connectivity index (χ1n) is 11.7. The van der Waals surface area contributed by atoms with Gasteiger partial charge in [0.2, 0.25) is 6.29 Å². The molecule has 2 heterocycles. The molecule has 7 heteroatoms. The molecule has 1 aromatic rings. The number of methoxy groups -OCH3 is 1. The highest BCUT2D eigenvalue weighted by Gasteiger charge is 2.31. The normalized spacial score (nSPS) is 21.7. The van der Waals surface area contributed by atoms with Crippen molar-refractivity contribution in [2.75, 3.05) is 33.4 Å². The Morgan fingerprint density at radius 3 is 2.41 bits per heavy atom.